The van der Waals surface area contributed by atoms with Crippen molar-refractivity contribution in [3.63, 3.8) is 0 Å². The van der Waals surface area contributed by atoms with Crippen LogP contribution in [0.5, 0.6) is 0 Å². The second kappa shape index (κ2) is 5.52. The van der Waals surface area contributed by atoms with E-state index < -0.39 is 0 Å². The molecule has 0 aromatic carbocycles. The van der Waals surface area contributed by atoms with Crippen molar-refractivity contribution in [2.24, 2.45) is 5.73 Å². The first kappa shape index (κ1) is 13.1. The van der Waals surface area contributed by atoms with Gasteiger partial charge in [-0.1, -0.05) is 13.8 Å². The summed E-state index contributed by atoms with van der Waals surface area (Å²) in [5.74, 6) is 1.20. The highest BCUT2D eigenvalue weighted by atomic mass is 16.1. The molecule has 0 radical (unpaired) electrons. The summed E-state index contributed by atoms with van der Waals surface area (Å²) in [6, 6.07) is 0.273. The van der Waals surface area contributed by atoms with Gasteiger partial charge in [-0.2, -0.15) is 0 Å². The molecular weight excluding hydrogens is 228 g/mol. The summed E-state index contributed by atoms with van der Waals surface area (Å²) in [6.45, 7) is 5.01. The minimum Gasteiger partial charge on any atom is -0.368 e. The van der Waals surface area contributed by atoms with Crippen molar-refractivity contribution in [1.82, 2.24) is 14.9 Å². The van der Waals surface area contributed by atoms with E-state index in [9.17, 15) is 4.79 Å². The number of primary amides is 1. The van der Waals surface area contributed by atoms with E-state index in [4.69, 9.17) is 5.73 Å². The monoisotopic (exact) mass is 250 g/mol. The molecule has 1 heterocycles. The van der Waals surface area contributed by atoms with Crippen molar-refractivity contribution in [3.05, 3.63) is 18.2 Å². The van der Waals surface area contributed by atoms with Crippen molar-refractivity contribution < 1.29 is 4.79 Å². The van der Waals surface area contributed by atoms with Crippen molar-refractivity contribution in [2.75, 3.05) is 0 Å². The predicted octanol–water partition coefficient (Wildman–Crippen LogP) is 1.00. The first-order chi connectivity index (χ1) is 8.58. The van der Waals surface area contributed by atoms with Crippen LogP contribution in [0.15, 0.2) is 12.4 Å². The molecule has 1 aliphatic rings. The molecule has 1 aromatic rings. The lowest BCUT2D eigenvalue weighted by Gasteiger charge is -2.16. The maximum Gasteiger partial charge on any atom is 0.234 e. The Morgan fingerprint density at radius 2 is 2.33 bits per heavy atom. The quantitative estimate of drug-likeness (QED) is 0.758. The third kappa shape index (κ3) is 3.32. The van der Waals surface area contributed by atoms with Crippen molar-refractivity contribution in [2.45, 2.75) is 57.7 Å². The lowest BCUT2D eigenvalue weighted by molar-refractivity contribution is -0.120. The molecule has 100 valence electrons. The average molecular weight is 250 g/mol. The molecule has 18 heavy (non-hydrogen) atoms. The van der Waals surface area contributed by atoms with Gasteiger partial charge in [0.25, 0.3) is 0 Å². The summed E-state index contributed by atoms with van der Waals surface area (Å²) in [6.07, 6.45) is 6.81. The van der Waals surface area contributed by atoms with Crippen LogP contribution in [-0.4, -0.2) is 27.5 Å². The highest BCUT2D eigenvalue weighted by molar-refractivity contribution is 5.79. The van der Waals surface area contributed by atoms with Crippen LogP contribution in [0, 0.1) is 0 Å². The molecule has 2 rings (SSSR count). The van der Waals surface area contributed by atoms with E-state index in [2.05, 4.69) is 28.7 Å². The molecule has 0 spiro atoms. The lowest BCUT2D eigenvalue weighted by atomic mass is 10.1. The van der Waals surface area contributed by atoms with E-state index in [-0.39, 0.29) is 11.9 Å². The third-order valence-corrected chi connectivity index (χ3v) is 3.28. The van der Waals surface area contributed by atoms with Gasteiger partial charge in [0.15, 0.2) is 0 Å². The largest absolute Gasteiger partial charge is 0.368 e. The van der Waals surface area contributed by atoms with Gasteiger partial charge in [0.05, 0.1) is 6.04 Å². The fraction of sp³-hybridized carbons (Fsp3) is 0.692. The zero-order valence-electron chi connectivity index (χ0n) is 11.1. The van der Waals surface area contributed by atoms with Crippen LogP contribution < -0.4 is 11.1 Å². The Morgan fingerprint density at radius 3 is 2.89 bits per heavy atom. The van der Waals surface area contributed by atoms with Crippen molar-refractivity contribution >= 4 is 5.91 Å². The Labute approximate surface area is 108 Å². The van der Waals surface area contributed by atoms with Gasteiger partial charge in [0.1, 0.15) is 5.82 Å². The van der Waals surface area contributed by atoms with Crippen LogP contribution >= 0.6 is 0 Å². The van der Waals surface area contributed by atoms with Crippen LogP contribution in [0.4, 0.5) is 0 Å². The number of nitrogens with zero attached hydrogens (tertiary/aromatic N) is 2. The molecule has 1 unspecified atom stereocenters. The van der Waals surface area contributed by atoms with Crippen LogP contribution in [0.3, 0.4) is 0 Å². The third-order valence-electron chi connectivity index (χ3n) is 3.28. The highest BCUT2D eigenvalue weighted by Gasteiger charge is 2.27. The van der Waals surface area contributed by atoms with Crippen LogP contribution in [0.1, 0.15) is 44.9 Å². The number of hydrogen-bond acceptors (Lipinski definition) is 3. The van der Waals surface area contributed by atoms with E-state index in [1.54, 1.807) is 0 Å². The molecule has 5 nitrogen and oxygen atoms in total. The van der Waals surface area contributed by atoms with Crippen LogP contribution in [-0.2, 0) is 11.3 Å². The number of carbonyl (C=O) groups is 1. The van der Waals surface area contributed by atoms with Gasteiger partial charge in [0, 0.05) is 30.9 Å². The summed E-state index contributed by atoms with van der Waals surface area (Å²) < 4.78 is 2.11. The summed E-state index contributed by atoms with van der Waals surface area (Å²) in [5.41, 5.74) is 5.42. The van der Waals surface area contributed by atoms with E-state index in [0.29, 0.717) is 12.0 Å². The molecule has 1 aliphatic carbocycles. The zero-order valence-corrected chi connectivity index (χ0v) is 11.1. The molecule has 1 atom stereocenters. The summed E-state index contributed by atoms with van der Waals surface area (Å²) in [5, 5.41) is 3.29. The number of amides is 1. The number of nitrogens with one attached hydrogen (secondary N) is 1. The average Bonchev–Trinajstić information content (AvgIpc) is 2.99. The molecule has 1 fully saturated rings. The number of nitrogens with two attached hydrogens (primary N) is 1. The molecule has 1 aromatic heterocycles. The number of aryl methyl sites for hydroxylation is 1. The van der Waals surface area contributed by atoms with E-state index in [0.717, 1.165) is 31.6 Å². The lowest BCUT2D eigenvalue weighted by Crippen LogP contribution is -2.43. The normalized spacial score (nSPS) is 17.1. The molecule has 0 aliphatic heterocycles. The Kier molecular flexibility index (Phi) is 4.01. The Hall–Kier alpha value is -1.36. The highest BCUT2D eigenvalue weighted by Crippen LogP contribution is 2.20. The molecule has 1 amide bonds. The standard InChI is InChI=1S/C13H22N4O/c1-9(2)13-15-6-8-17(13)7-5-11(12(14)18)16-10-3-4-10/h6,8-11,16H,3-5,7H2,1-2H3,(H2,14,18). The van der Waals surface area contributed by atoms with E-state index in [1.807, 2.05) is 12.4 Å². The van der Waals surface area contributed by atoms with Gasteiger partial charge in [-0.05, 0) is 19.3 Å². The van der Waals surface area contributed by atoms with E-state index >= 15 is 0 Å². The minimum absolute atomic E-state index is 0.222. The second-order valence-electron chi connectivity index (χ2n) is 5.32. The van der Waals surface area contributed by atoms with Gasteiger partial charge >= 0.3 is 0 Å². The topological polar surface area (TPSA) is 72.9 Å². The fourth-order valence-corrected chi connectivity index (χ4v) is 2.12. The van der Waals surface area contributed by atoms with Gasteiger partial charge in [-0.15, -0.1) is 0 Å². The van der Waals surface area contributed by atoms with Gasteiger partial charge in [-0.25, -0.2) is 4.98 Å². The number of carbonyl (C=O) groups excluding carboxylic acids is 1. The number of aromatic nitrogens is 2. The minimum atomic E-state index is -0.256. The predicted molar refractivity (Wildman–Crippen MR) is 70.1 cm³/mol. The second-order valence-corrected chi connectivity index (χ2v) is 5.32. The van der Waals surface area contributed by atoms with Crippen LogP contribution in [0.25, 0.3) is 0 Å². The zero-order chi connectivity index (χ0) is 13.1. The van der Waals surface area contributed by atoms with Gasteiger partial charge in [-0.3, -0.25) is 4.79 Å². The Morgan fingerprint density at radius 1 is 1.61 bits per heavy atom. The van der Waals surface area contributed by atoms with E-state index in [1.165, 1.54) is 0 Å². The number of hydrogen-bond donors (Lipinski definition) is 2. The Bertz CT molecular complexity index is 409. The molecule has 5 heteroatoms. The number of rotatable bonds is 7. The SMILES string of the molecule is CC(C)c1nccn1CCC(NC1CC1)C(N)=O. The van der Waals surface area contributed by atoms with Crippen molar-refractivity contribution in [3.8, 4) is 0 Å². The maximum absolute atomic E-state index is 11.4. The summed E-state index contributed by atoms with van der Waals surface area (Å²) in [7, 11) is 0. The van der Waals surface area contributed by atoms with Crippen LogP contribution in [0.2, 0.25) is 0 Å². The van der Waals surface area contributed by atoms with Gasteiger partial charge in [0.2, 0.25) is 5.91 Å². The fourth-order valence-electron chi connectivity index (χ4n) is 2.12. The first-order valence-electron chi connectivity index (χ1n) is 6.64. The first-order valence-corrected chi connectivity index (χ1v) is 6.64. The summed E-state index contributed by atoms with van der Waals surface area (Å²) >= 11 is 0. The van der Waals surface area contributed by atoms with Crippen molar-refractivity contribution in [1.29, 1.82) is 0 Å². The molecule has 0 bridgehead atoms. The Balaban J connectivity index is 1.91. The smallest absolute Gasteiger partial charge is 0.234 e. The molecule has 0 saturated heterocycles. The molecule has 3 N–H and O–H groups in total. The molecule has 1 saturated carbocycles. The maximum atomic E-state index is 11.4. The van der Waals surface area contributed by atoms with Gasteiger partial charge < -0.3 is 15.6 Å². The number of imidazole rings is 1. The molecular formula is C13H22N4O. The summed E-state index contributed by atoms with van der Waals surface area (Å²) in [4.78, 5) is 15.7.